The molecule has 0 aliphatic carbocycles. The minimum atomic E-state index is -0.151. The molecule has 0 bridgehead atoms. The standard InChI is InChI=1S/C19H20N2O2S/c1-14-11-19(23)21(16-9-5-6-10-17(16)24-14)13-18(22)20-12-15-7-3-2-4-8-15/h2-10,14H,11-13H2,1H3,(H,20,22). The fourth-order valence-corrected chi connectivity index (χ4v) is 3.81. The van der Waals surface area contributed by atoms with E-state index in [1.807, 2.05) is 61.5 Å². The lowest BCUT2D eigenvalue weighted by Gasteiger charge is -2.22. The summed E-state index contributed by atoms with van der Waals surface area (Å²) in [4.78, 5) is 27.5. The number of thioether (sulfide) groups is 1. The smallest absolute Gasteiger partial charge is 0.240 e. The number of hydrogen-bond donors (Lipinski definition) is 1. The Morgan fingerprint density at radius 3 is 2.67 bits per heavy atom. The average Bonchev–Trinajstić information content (AvgIpc) is 2.70. The van der Waals surface area contributed by atoms with Crippen LogP contribution >= 0.6 is 11.8 Å². The van der Waals surface area contributed by atoms with Crippen molar-refractivity contribution in [1.29, 1.82) is 0 Å². The summed E-state index contributed by atoms with van der Waals surface area (Å²) in [6.45, 7) is 2.56. The van der Waals surface area contributed by atoms with Gasteiger partial charge in [-0.25, -0.2) is 0 Å². The Hall–Kier alpha value is -2.27. The van der Waals surface area contributed by atoms with E-state index in [2.05, 4.69) is 5.32 Å². The van der Waals surface area contributed by atoms with Crippen LogP contribution in [0.2, 0.25) is 0 Å². The molecule has 1 N–H and O–H groups in total. The maximum atomic E-state index is 12.5. The van der Waals surface area contributed by atoms with Crippen molar-refractivity contribution >= 4 is 29.3 Å². The number of nitrogens with zero attached hydrogens (tertiary/aromatic N) is 1. The van der Waals surface area contributed by atoms with Gasteiger partial charge in [-0.1, -0.05) is 49.4 Å². The molecule has 5 heteroatoms. The van der Waals surface area contributed by atoms with Crippen molar-refractivity contribution in [2.45, 2.75) is 30.0 Å². The van der Waals surface area contributed by atoms with Crippen LogP contribution in [-0.2, 0) is 16.1 Å². The van der Waals surface area contributed by atoms with Gasteiger partial charge in [0.15, 0.2) is 0 Å². The number of carbonyl (C=O) groups excluding carboxylic acids is 2. The number of nitrogens with one attached hydrogen (secondary N) is 1. The van der Waals surface area contributed by atoms with E-state index in [1.165, 1.54) is 0 Å². The third kappa shape index (κ3) is 3.97. The summed E-state index contributed by atoms with van der Waals surface area (Å²) >= 11 is 1.68. The highest BCUT2D eigenvalue weighted by Gasteiger charge is 2.27. The summed E-state index contributed by atoms with van der Waals surface area (Å²) in [7, 11) is 0. The number of anilines is 1. The first-order valence-corrected chi connectivity index (χ1v) is 8.88. The molecule has 4 nitrogen and oxygen atoms in total. The van der Waals surface area contributed by atoms with Gasteiger partial charge in [0.25, 0.3) is 0 Å². The number of benzene rings is 2. The first-order valence-electron chi connectivity index (χ1n) is 8.00. The number of fused-ring (bicyclic) bond motifs is 1. The summed E-state index contributed by atoms with van der Waals surface area (Å²) in [5, 5.41) is 3.09. The van der Waals surface area contributed by atoms with Crippen LogP contribution in [0.15, 0.2) is 59.5 Å². The lowest BCUT2D eigenvalue weighted by atomic mass is 10.2. The van der Waals surface area contributed by atoms with Crippen LogP contribution in [-0.4, -0.2) is 23.6 Å². The van der Waals surface area contributed by atoms with Crippen molar-refractivity contribution in [3.8, 4) is 0 Å². The molecule has 24 heavy (non-hydrogen) atoms. The van der Waals surface area contributed by atoms with E-state index in [1.54, 1.807) is 16.7 Å². The van der Waals surface area contributed by atoms with Crippen molar-refractivity contribution < 1.29 is 9.59 Å². The molecule has 0 fully saturated rings. The molecule has 1 aliphatic rings. The van der Waals surface area contributed by atoms with E-state index < -0.39 is 0 Å². The fraction of sp³-hybridized carbons (Fsp3) is 0.263. The second kappa shape index (κ2) is 7.53. The van der Waals surface area contributed by atoms with Gasteiger partial charge in [0.05, 0.1) is 5.69 Å². The molecule has 0 spiro atoms. The Labute approximate surface area is 146 Å². The lowest BCUT2D eigenvalue weighted by molar-refractivity contribution is -0.123. The molecule has 124 valence electrons. The molecule has 0 saturated carbocycles. The van der Waals surface area contributed by atoms with E-state index in [4.69, 9.17) is 0 Å². The molecule has 0 radical (unpaired) electrons. The van der Waals surface area contributed by atoms with Crippen LogP contribution in [0.4, 0.5) is 5.69 Å². The first kappa shape index (κ1) is 16.6. The van der Waals surface area contributed by atoms with Crippen LogP contribution in [0.1, 0.15) is 18.9 Å². The monoisotopic (exact) mass is 340 g/mol. The predicted octanol–water partition coefficient (Wildman–Crippen LogP) is 3.22. The zero-order valence-corrected chi connectivity index (χ0v) is 14.4. The number of carbonyl (C=O) groups is 2. The molecule has 2 amide bonds. The molecule has 0 saturated heterocycles. The molecule has 1 atom stereocenters. The van der Waals surface area contributed by atoms with Crippen LogP contribution in [0.3, 0.4) is 0 Å². The second-order valence-electron chi connectivity index (χ2n) is 5.84. The van der Waals surface area contributed by atoms with Crippen LogP contribution in [0.5, 0.6) is 0 Å². The SMILES string of the molecule is CC1CC(=O)N(CC(=O)NCc2ccccc2)c2ccccc2S1. The lowest BCUT2D eigenvalue weighted by Crippen LogP contribution is -2.40. The molecule has 1 unspecified atom stereocenters. The van der Waals surface area contributed by atoms with Gasteiger partial charge in [-0.3, -0.25) is 9.59 Å². The highest BCUT2D eigenvalue weighted by atomic mass is 32.2. The highest BCUT2D eigenvalue weighted by Crippen LogP contribution is 2.37. The van der Waals surface area contributed by atoms with Crippen LogP contribution in [0, 0.1) is 0 Å². The first-order chi connectivity index (χ1) is 11.6. The van der Waals surface area contributed by atoms with E-state index in [0.29, 0.717) is 13.0 Å². The number of rotatable bonds is 4. The summed E-state index contributed by atoms with van der Waals surface area (Å²) in [6, 6.07) is 17.5. The van der Waals surface area contributed by atoms with Crippen molar-refractivity contribution in [2.75, 3.05) is 11.4 Å². The molecule has 2 aromatic carbocycles. The van der Waals surface area contributed by atoms with E-state index in [0.717, 1.165) is 16.1 Å². The number of para-hydroxylation sites is 1. The zero-order valence-electron chi connectivity index (χ0n) is 13.6. The summed E-state index contributed by atoms with van der Waals surface area (Å²) in [5.74, 6) is -0.156. The summed E-state index contributed by atoms with van der Waals surface area (Å²) in [5.41, 5.74) is 1.87. The summed E-state index contributed by atoms with van der Waals surface area (Å²) in [6.07, 6.45) is 0.436. The second-order valence-corrected chi connectivity index (χ2v) is 7.32. The van der Waals surface area contributed by atoms with Crippen molar-refractivity contribution in [2.24, 2.45) is 0 Å². The molecule has 1 heterocycles. The number of amides is 2. The average molecular weight is 340 g/mol. The molecule has 2 aromatic rings. The van der Waals surface area contributed by atoms with Crippen LogP contribution < -0.4 is 10.2 Å². The molecule has 1 aliphatic heterocycles. The van der Waals surface area contributed by atoms with E-state index >= 15 is 0 Å². The molecular weight excluding hydrogens is 320 g/mol. The van der Waals surface area contributed by atoms with Gasteiger partial charge < -0.3 is 10.2 Å². The maximum absolute atomic E-state index is 12.5. The highest BCUT2D eigenvalue weighted by molar-refractivity contribution is 8.00. The third-order valence-corrected chi connectivity index (χ3v) is 5.05. The summed E-state index contributed by atoms with van der Waals surface area (Å²) < 4.78 is 0. The van der Waals surface area contributed by atoms with Gasteiger partial charge in [0.1, 0.15) is 6.54 Å². The molecule has 0 aromatic heterocycles. The van der Waals surface area contributed by atoms with Gasteiger partial charge in [-0.2, -0.15) is 0 Å². The van der Waals surface area contributed by atoms with Gasteiger partial charge in [-0.15, -0.1) is 11.8 Å². The zero-order chi connectivity index (χ0) is 16.9. The Morgan fingerprint density at radius 1 is 1.17 bits per heavy atom. The normalized spacial score (nSPS) is 17.1. The third-order valence-electron chi connectivity index (χ3n) is 3.88. The van der Waals surface area contributed by atoms with Crippen LogP contribution in [0.25, 0.3) is 0 Å². The molecular formula is C19H20N2O2S. The Kier molecular flexibility index (Phi) is 5.20. The van der Waals surface area contributed by atoms with Crippen molar-refractivity contribution in [3.05, 3.63) is 60.2 Å². The van der Waals surface area contributed by atoms with E-state index in [-0.39, 0.29) is 23.6 Å². The van der Waals surface area contributed by atoms with Crippen molar-refractivity contribution in [1.82, 2.24) is 5.32 Å². The minimum Gasteiger partial charge on any atom is -0.350 e. The fourth-order valence-electron chi connectivity index (χ4n) is 2.70. The Morgan fingerprint density at radius 2 is 1.88 bits per heavy atom. The topological polar surface area (TPSA) is 49.4 Å². The van der Waals surface area contributed by atoms with Crippen molar-refractivity contribution in [3.63, 3.8) is 0 Å². The minimum absolute atomic E-state index is 0.00480. The van der Waals surface area contributed by atoms with Gasteiger partial charge in [-0.05, 0) is 17.7 Å². The van der Waals surface area contributed by atoms with Gasteiger partial charge in [0.2, 0.25) is 11.8 Å². The van der Waals surface area contributed by atoms with Gasteiger partial charge >= 0.3 is 0 Å². The Bertz CT molecular complexity index is 733. The Balaban J connectivity index is 1.71. The number of hydrogen-bond acceptors (Lipinski definition) is 3. The molecule has 3 rings (SSSR count). The van der Waals surface area contributed by atoms with E-state index in [9.17, 15) is 9.59 Å². The maximum Gasteiger partial charge on any atom is 0.240 e. The quantitative estimate of drug-likeness (QED) is 0.930. The largest absolute Gasteiger partial charge is 0.350 e. The predicted molar refractivity (Wildman–Crippen MR) is 97.0 cm³/mol. The van der Waals surface area contributed by atoms with Gasteiger partial charge in [0, 0.05) is 23.1 Å².